The van der Waals surface area contributed by atoms with E-state index in [0.717, 1.165) is 65.8 Å². The fourth-order valence-corrected chi connectivity index (χ4v) is 16.0. The first kappa shape index (κ1) is 57.6. The molecule has 0 fully saturated rings. The lowest BCUT2D eigenvalue weighted by Crippen LogP contribution is -2.45. The van der Waals surface area contributed by atoms with Crippen molar-refractivity contribution in [2.24, 2.45) is 0 Å². The van der Waals surface area contributed by atoms with E-state index in [1.807, 2.05) is 72.8 Å². The number of ketones is 4. The zero-order valence-corrected chi connectivity index (χ0v) is 51.3. The predicted molar refractivity (Wildman–Crippen MR) is 360 cm³/mol. The molecule has 0 N–H and O–H groups in total. The standard InChI is InChI=1S/C80H48O12S2/c81-69-59-33-53-29-49-25-13-14-26-50(49)30-54(53)34-60(59)70(82)63(69)37-57-39-65-73(93-57)68-67(79(65,75(85)89-41-45-17-5-1-6-18-45)76(86)90-42-46-19-7-2-8-20-46)74-66(80(68,77(87)91-43-47-21-9-3-10-22-47)78(88)92-44-48-23-11-4-12-24-48)40-58(94-74)38-64-71(83)61-35-55-31-51-27-15-16-28-52(51)32-56(55)36-62(61)72(64)84/h1-40H,41-44H2. The maximum absolute atomic E-state index is 16.4. The molecular weight excluding hydrogens is 1220 g/mol. The topological polar surface area (TPSA) is 173 Å². The molecule has 0 radical (unpaired) electrons. The SMILES string of the molecule is O=C1C(=Cc2cc3c(s2)C2=C(c4sc(C=C5C(=O)c6cc7cc8ccccc8cc7cc6C5=O)cc4C2(C(=O)OCc2ccccc2)C(=O)OCc2ccccc2)C3(C(=O)OCc2ccccc2)C(=O)OCc2ccccc2)C(=O)c2cc3cc4ccccc4cc3cc21. The van der Waals surface area contributed by atoms with Gasteiger partial charge in [-0.25, -0.2) is 0 Å². The summed E-state index contributed by atoms with van der Waals surface area (Å²) in [5.74, 6) is -6.85. The van der Waals surface area contributed by atoms with Gasteiger partial charge in [0.2, 0.25) is 10.8 Å². The Morgan fingerprint density at radius 1 is 0.309 bits per heavy atom. The van der Waals surface area contributed by atoms with Gasteiger partial charge in [-0.1, -0.05) is 170 Å². The summed E-state index contributed by atoms with van der Waals surface area (Å²) in [6.07, 6.45) is 2.81. The molecule has 0 aliphatic heterocycles. The van der Waals surface area contributed by atoms with Crippen LogP contribution in [0.1, 0.15) is 94.3 Å². The molecule has 0 spiro atoms. The summed E-state index contributed by atoms with van der Waals surface area (Å²) >= 11 is 1.87. The highest BCUT2D eigenvalue weighted by Crippen LogP contribution is 2.68. The Labute approximate surface area is 544 Å². The van der Waals surface area contributed by atoms with E-state index in [1.165, 1.54) is 24.3 Å². The van der Waals surface area contributed by atoms with Crippen LogP contribution in [0.4, 0.5) is 0 Å². The van der Waals surface area contributed by atoms with Gasteiger partial charge in [0, 0.05) is 64.0 Å². The van der Waals surface area contributed by atoms with Crippen molar-refractivity contribution in [1.29, 1.82) is 0 Å². The van der Waals surface area contributed by atoms with Crippen LogP contribution in [0, 0.1) is 0 Å². The molecule has 0 bridgehead atoms. The van der Waals surface area contributed by atoms with E-state index in [0.29, 0.717) is 22.3 Å². The van der Waals surface area contributed by atoms with Gasteiger partial charge >= 0.3 is 23.9 Å². The van der Waals surface area contributed by atoms with Crippen LogP contribution in [0.3, 0.4) is 0 Å². The smallest absolute Gasteiger partial charge is 0.333 e. The van der Waals surface area contributed by atoms with Gasteiger partial charge in [0.25, 0.3) is 0 Å². The number of thiophene rings is 2. The molecule has 452 valence electrons. The van der Waals surface area contributed by atoms with Crippen LogP contribution >= 0.6 is 22.7 Å². The van der Waals surface area contributed by atoms with Gasteiger partial charge < -0.3 is 18.9 Å². The van der Waals surface area contributed by atoms with Crippen LogP contribution in [0.2, 0.25) is 0 Å². The van der Waals surface area contributed by atoms with Gasteiger partial charge in [0.15, 0.2) is 23.1 Å². The number of carbonyl (C=O) groups is 8. The summed E-state index contributed by atoms with van der Waals surface area (Å²) in [4.78, 5) is 125. The summed E-state index contributed by atoms with van der Waals surface area (Å²) in [7, 11) is 0. The molecule has 0 unspecified atom stereocenters. The lowest BCUT2D eigenvalue weighted by molar-refractivity contribution is -0.165. The van der Waals surface area contributed by atoms with Crippen LogP contribution in [-0.4, -0.2) is 47.0 Å². The fourth-order valence-electron chi connectivity index (χ4n) is 13.5. The number of ether oxygens (including phenoxy) is 4. The minimum atomic E-state index is -2.71. The second-order valence-corrected chi connectivity index (χ2v) is 25.8. The molecule has 2 heterocycles. The highest BCUT2D eigenvalue weighted by atomic mass is 32.1. The van der Waals surface area contributed by atoms with Crippen molar-refractivity contribution in [3.05, 3.63) is 317 Å². The van der Waals surface area contributed by atoms with Crippen LogP contribution in [-0.2, 0) is 75.4 Å². The molecule has 4 aliphatic rings. The van der Waals surface area contributed by atoms with E-state index >= 15 is 19.2 Å². The zero-order chi connectivity index (χ0) is 64.0. The number of Topliss-reactive ketones (excluding diaryl/α,β-unsaturated/α-hetero) is 4. The molecular formula is C80H48O12S2. The lowest BCUT2D eigenvalue weighted by atomic mass is 9.76. The molecule has 14 heteroatoms. The number of esters is 4. The van der Waals surface area contributed by atoms with Gasteiger partial charge in [0.05, 0.1) is 11.1 Å². The van der Waals surface area contributed by atoms with E-state index < -0.39 is 57.8 Å². The summed E-state index contributed by atoms with van der Waals surface area (Å²) in [5.41, 5.74) is -3.32. The minimum absolute atomic E-state index is 0.0518. The van der Waals surface area contributed by atoms with Crippen molar-refractivity contribution >= 4 is 136 Å². The third-order valence-corrected chi connectivity index (χ3v) is 20.3. The normalized spacial score (nSPS) is 14.7. The summed E-state index contributed by atoms with van der Waals surface area (Å²) < 4.78 is 25.5. The van der Waals surface area contributed by atoms with Crippen molar-refractivity contribution in [1.82, 2.24) is 0 Å². The highest BCUT2D eigenvalue weighted by Gasteiger charge is 2.72. The number of carbonyl (C=O) groups excluding carboxylic acids is 8. The van der Waals surface area contributed by atoms with Gasteiger partial charge in [-0.05, 0) is 138 Å². The minimum Gasteiger partial charge on any atom is -0.459 e. The van der Waals surface area contributed by atoms with Crippen LogP contribution in [0.5, 0.6) is 0 Å². The number of hydrogen-bond donors (Lipinski definition) is 0. The second-order valence-electron chi connectivity index (χ2n) is 23.6. The van der Waals surface area contributed by atoms with E-state index in [-0.39, 0.29) is 102 Å². The average Bonchev–Trinajstić information content (AvgIpc) is 1.48. The first-order valence-corrected chi connectivity index (χ1v) is 31.9. The van der Waals surface area contributed by atoms with E-state index in [1.54, 1.807) is 146 Å². The van der Waals surface area contributed by atoms with Crippen molar-refractivity contribution in [2.75, 3.05) is 0 Å². The highest BCUT2D eigenvalue weighted by molar-refractivity contribution is 7.16. The van der Waals surface area contributed by atoms with Crippen LogP contribution in [0.15, 0.2) is 242 Å². The van der Waals surface area contributed by atoms with Crippen molar-refractivity contribution in [2.45, 2.75) is 37.3 Å². The van der Waals surface area contributed by atoms with Gasteiger partial charge in [-0.15, -0.1) is 22.7 Å². The van der Waals surface area contributed by atoms with Gasteiger partial charge in [-0.2, -0.15) is 0 Å². The molecule has 16 rings (SSSR count). The van der Waals surface area contributed by atoms with E-state index in [9.17, 15) is 19.2 Å². The average molecular weight is 1270 g/mol. The molecule has 2 aromatic heterocycles. The van der Waals surface area contributed by atoms with E-state index in [4.69, 9.17) is 18.9 Å². The maximum Gasteiger partial charge on any atom is 0.333 e. The summed E-state index contributed by atoms with van der Waals surface area (Å²) in [6.45, 7) is -1.42. The lowest BCUT2D eigenvalue weighted by Gasteiger charge is -2.29. The Kier molecular flexibility index (Phi) is 13.9. The Morgan fingerprint density at radius 2 is 0.553 bits per heavy atom. The first-order valence-electron chi connectivity index (χ1n) is 30.3. The number of allylic oxidation sites excluding steroid dienone is 2. The Balaban J connectivity index is 0.926. The molecule has 4 aliphatic carbocycles. The fraction of sp³-hybridized carbons (Fsp3) is 0.0750. The monoisotopic (exact) mass is 1260 g/mol. The number of hydrogen-bond acceptors (Lipinski definition) is 14. The number of benzene rings is 10. The Hall–Kier alpha value is -11.6. The largest absolute Gasteiger partial charge is 0.459 e. The molecule has 0 saturated carbocycles. The molecule has 0 amide bonds. The second kappa shape index (κ2) is 22.7. The Morgan fingerprint density at radius 3 is 0.809 bits per heavy atom. The van der Waals surface area contributed by atoms with Crippen molar-refractivity contribution in [3.63, 3.8) is 0 Å². The van der Waals surface area contributed by atoms with Crippen molar-refractivity contribution in [3.8, 4) is 0 Å². The summed E-state index contributed by atoms with van der Waals surface area (Å²) in [6, 6.07) is 68.4. The van der Waals surface area contributed by atoms with Gasteiger partial charge in [-0.3, -0.25) is 38.4 Å². The van der Waals surface area contributed by atoms with Crippen LogP contribution in [0.25, 0.3) is 66.4 Å². The van der Waals surface area contributed by atoms with Crippen molar-refractivity contribution < 1.29 is 57.3 Å². The number of rotatable bonds is 14. The molecule has 12 nitrogen and oxygen atoms in total. The quantitative estimate of drug-likeness (QED) is 0.0252. The van der Waals surface area contributed by atoms with Crippen LogP contribution < -0.4 is 0 Å². The molecule has 0 saturated heterocycles. The molecule has 12 aromatic rings. The molecule has 10 aromatic carbocycles. The first-order chi connectivity index (χ1) is 45.9. The predicted octanol–water partition coefficient (Wildman–Crippen LogP) is 15.7. The number of fused-ring (bicyclic) bond motifs is 10. The third kappa shape index (κ3) is 9.23. The zero-order valence-electron chi connectivity index (χ0n) is 49.6. The third-order valence-electron chi connectivity index (χ3n) is 18.1. The summed E-state index contributed by atoms with van der Waals surface area (Å²) in [5, 5.41) is 6.79. The maximum atomic E-state index is 16.4. The molecule has 0 atom stereocenters. The molecule has 94 heavy (non-hydrogen) atoms. The van der Waals surface area contributed by atoms with Gasteiger partial charge in [0.1, 0.15) is 26.4 Å². The van der Waals surface area contributed by atoms with E-state index in [2.05, 4.69) is 0 Å². The Bertz CT molecular complexity index is 4820.